The van der Waals surface area contributed by atoms with Gasteiger partial charge in [-0.1, -0.05) is 6.07 Å². The van der Waals surface area contributed by atoms with Gasteiger partial charge in [0.05, 0.1) is 29.1 Å². The van der Waals surface area contributed by atoms with Crippen LogP contribution in [0, 0.1) is 0 Å². The predicted octanol–water partition coefficient (Wildman–Crippen LogP) is 3.71. The molecule has 3 atom stereocenters. The molecule has 1 unspecified atom stereocenters. The van der Waals surface area contributed by atoms with Gasteiger partial charge in [0.15, 0.2) is 0 Å². The predicted molar refractivity (Wildman–Crippen MR) is 131 cm³/mol. The van der Waals surface area contributed by atoms with E-state index < -0.39 is 36.1 Å². The molecule has 1 aliphatic rings. The van der Waals surface area contributed by atoms with Crippen LogP contribution in [0.2, 0.25) is 0 Å². The molecule has 1 saturated heterocycles. The number of carbonyl (C=O) groups excluding carboxylic acids is 1. The van der Waals surface area contributed by atoms with Crippen molar-refractivity contribution in [1.29, 1.82) is 0 Å². The molecule has 0 saturated carbocycles. The Kier molecular flexibility index (Phi) is 6.50. The van der Waals surface area contributed by atoms with Crippen molar-refractivity contribution in [3.63, 3.8) is 0 Å². The number of likely N-dealkylation sites (tertiary alicyclic amines) is 1. The highest BCUT2D eigenvalue weighted by Gasteiger charge is 2.41. The first kappa shape index (κ1) is 25.3. The second-order valence-electron chi connectivity index (χ2n) is 8.66. The quantitative estimate of drug-likeness (QED) is 0.242. The van der Waals surface area contributed by atoms with Gasteiger partial charge in [-0.3, -0.25) is 9.69 Å². The normalized spacial score (nSPS) is 19.5. The molecule has 1 fully saturated rings. The minimum Gasteiger partial charge on any atom is -0.383 e. The molecule has 1 amide bonds. The van der Waals surface area contributed by atoms with Crippen LogP contribution < -0.4 is 11.1 Å². The zero-order chi connectivity index (χ0) is 26.5. The summed E-state index contributed by atoms with van der Waals surface area (Å²) in [5.74, 6) is -0.314. The van der Waals surface area contributed by atoms with Crippen LogP contribution in [-0.4, -0.2) is 60.4 Å². The van der Waals surface area contributed by atoms with Crippen molar-refractivity contribution in [2.45, 2.75) is 37.6 Å². The lowest BCUT2D eigenvalue weighted by molar-refractivity contribution is -0.137. The highest BCUT2D eigenvalue weighted by atomic mass is 79.9. The van der Waals surface area contributed by atoms with Crippen LogP contribution >= 0.6 is 15.9 Å². The molecular weight excluding hydrogens is 562 g/mol. The lowest BCUT2D eigenvalue weighted by Crippen LogP contribution is -2.47. The van der Waals surface area contributed by atoms with Crippen molar-refractivity contribution in [3.8, 4) is 0 Å². The molecule has 9 nitrogen and oxygen atoms in total. The number of nitrogens with two attached hydrogens (primary N) is 1. The van der Waals surface area contributed by atoms with Crippen molar-refractivity contribution < 1.29 is 27.5 Å². The zero-order valence-electron chi connectivity index (χ0n) is 19.0. The number of halogens is 5. The summed E-state index contributed by atoms with van der Waals surface area (Å²) < 4.78 is 56.5. The largest absolute Gasteiger partial charge is 0.416 e. The van der Waals surface area contributed by atoms with E-state index in [1.807, 2.05) is 0 Å². The fourth-order valence-electron chi connectivity index (χ4n) is 4.65. The maximum atomic E-state index is 14.4. The molecular formula is C23H20BrF4N7O2. The third kappa shape index (κ3) is 4.83. The minimum absolute atomic E-state index is 0.0219. The number of nitrogens with zero attached hydrogens (tertiary/aromatic N) is 5. The Labute approximate surface area is 215 Å². The van der Waals surface area contributed by atoms with Gasteiger partial charge in [-0.25, -0.2) is 19.3 Å². The third-order valence-electron chi connectivity index (χ3n) is 6.28. The molecule has 194 valence electrons. The topological polar surface area (TPSA) is 122 Å². The van der Waals surface area contributed by atoms with Crippen LogP contribution in [0.4, 0.5) is 29.2 Å². The number of aromatic nitrogens is 4. The molecule has 37 heavy (non-hydrogen) atoms. The number of anilines is 2. The van der Waals surface area contributed by atoms with Gasteiger partial charge in [-0.15, -0.1) is 0 Å². The Balaban J connectivity index is 1.48. The average molecular weight is 582 g/mol. The smallest absolute Gasteiger partial charge is 0.383 e. The molecule has 4 heterocycles. The molecule has 0 radical (unpaired) electrons. The monoisotopic (exact) mass is 581 g/mol. The van der Waals surface area contributed by atoms with Gasteiger partial charge in [0.1, 0.15) is 40.6 Å². The van der Waals surface area contributed by atoms with Crippen LogP contribution in [0.5, 0.6) is 0 Å². The second-order valence-corrected chi connectivity index (χ2v) is 9.47. The highest BCUT2D eigenvalue weighted by molar-refractivity contribution is 9.10. The van der Waals surface area contributed by atoms with Crippen LogP contribution in [0.15, 0.2) is 47.3 Å². The summed E-state index contributed by atoms with van der Waals surface area (Å²) in [6.45, 7) is -0.425. The number of aliphatic hydroxyl groups excluding tert-OH is 1. The summed E-state index contributed by atoms with van der Waals surface area (Å²) in [7, 11) is 0. The van der Waals surface area contributed by atoms with Crippen LogP contribution in [-0.2, 0) is 17.5 Å². The van der Waals surface area contributed by atoms with E-state index in [1.165, 1.54) is 21.9 Å². The van der Waals surface area contributed by atoms with Crippen molar-refractivity contribution in [1.82, 2.24) is 24.4 Å². The lowest BCUT2D eigenvalue weighted by Gasteiger charge is -2.29. The Bertz CT molecular complexity index is 1500. The maximum Gasteiger partial charge on any atom is 0.416 e. The molecule has 1 aromatic carbocycles. The molecule has 0 spiro atoms. The van der Waals surface area contributed by atoms with Crippen LogP contribution in [0.3, 0.4) is 0 Å². The SMILES string of the molecule is Nc1ncnc2c1c1cc(C(F)(F)F)ccc1n2CC(O)N1C[C@H](F)C[C@H]1C(=O)Nc1cccc(Br)n1. The van der Waals surface area contributed by atoms with E-state index in [-0.39, 0.29) is 47.6 Å². The third-order valence-corrected chi connectivity index (χ3v) is 6.72. The number of amides is 1. The Morgan fingerprint density at radius 2 is 2.05 bits per heavy atom. The number of pyridine rings is 1. The number of hydrogen-bond acceptors (Lipinski definition) is 7. The van der Waals surface area contributed by atoms with Crippen molar-refractivity contribution in [2.75, 3.05) is 17.6 Å². The van der Waals surface area contributed by atoms with Gasteiger partial charge in [0, 0.05) is 18.4 Å². The molecule has 4 aromatic rings. The molecule has 5 rings (SSSR count). The van der Waals surface area contributed by atoms with Gasteiger partial charge in [0.25, 0.3) is 0 Å². The number of nitrogen functional groups attached to an aromatic ring is 1. The number of nitrogens with one attached hydrogen (secondary N) is 1. The van der Waals surface area contributed by atoms with Crippen molar-refractivity contribution in [3.05, 3.63) is 52.9 Å². The second kappa shape index (κ2) is 9.50. The fourth-order valence-corrected chi connectivity index (χ4v) is 4.99. The summed E-state index contributed by atoms with van der Waals surface area (Å²) in [4.78, 5) is 26.5. The zero-order valence-corrected chi connectivity index (χ0v) is 20.5. The number of carbonyl (C=O) groups is 1. The van der Waals surface area contributed by atoms with E-state index in [2.05, 4.69) is 36.2 Å². The first-order valence-electron chi connectivity index (χ1n) is 11.1. The number of fused-ring (bicyclic) bond motifs is 3. The summed E-state index contributed by atoms with van der Waals surface area (Å²) >= 11 is 3.22. The van der Waals surface area contributed by atoms with Gasteiger partial charge in [-0.05, 0) is 46.3 Å². The van der Waals surface area contributed by atoms with E-state index in [9.17, 15) is 27.5 Å². The molecule has 14 heteroatoms. The van der Waals surface area contributed by atoms with E-state index in [1.54, 1.807) is 18.2 Å². The molecule has 1 aliphatic heterocycles. The minimum atomic E-state index is -4.58. The Morgan fingerprint density at radius 3 is 2.78 bits per heavy atom. The molecule has 0 bridgehead atoms. The number of hydrogen-bond donors (Lipinski definition) is 3. The summed E-state index contributed by atoms with van der Waals surface area (Å²) in [5.41, 5.74) is 5.64. The molecule has 0 aliphatic carbocycles. The van der Waals surface area contributed by atoms with Crippen molar-refractivity contribution >= 4 is 55.4 Å². The van der Waals surface area contributed by atoms with Gasteiger partial charge in [-0.2, -0.15) is 13.2 Å². The molecule has 3 aromatic heterocycles. The van der Waals surface area contributed by atoms with E-state index in [4.69, 9.17) is 5.73 Å². The number of rotatable bonds is 5. The highest BCUT2D eigenvalue weighted by Crippen LogP contribution is 2.37. The summed E-state index contributed by atoms with van der Waals surface area (Å²) in [6, 6.07) is 7.05. The van der Waals surface area contributed by atoms with Gasteiger partial charge < -0.3 is 20.7 Å². The van der Waals surface area contributed by atoms with Crippen LogP contribution in [0.1, 0.15) is 12.0 Å². The van der Waals surface area contributed by atoms with Crippen molar-refractivity contribution in [2.24, 2.45) is 0 Å². The number of aliphatic hydroxyl groups is 1. The van der Waals surface area contributed by atoms with Gasteiger partial charge >= 0.3 is 6.18 Å². The van der Waals surface area contributed by atoms with E-state index in [0.717, 1.165) is 12.1 Å². The summed E-state index contributed by atoms with van der Waals surface area (Å²) in [6.07, 6.45) is -6.30. The maximum absolute atomic E-state index is 14.4. The Morgan fingerprint density at radius 1 is 1.27 bits per heavy atom. The lowest BCUT2D eigenvalue weighted by atomic mass is 10.1. The first-order valence-corrected chi connectivity index (χ1v) is 11.9. The summed E-state index contributed by atoms with van der Waals surface area (Å²) in [5, 5.41) is 14.1. The van der Waals surface area contributed by atoms with E-state index in [0.29, 0.717) is 10.1 Å². The standard InChI is InChI=1S/C23H20BrF4N7O2/c24-16-2-1-3-17(32-16)33-22(37)15-7-12(25)8-34(15)18(36)9-35-14-5-4-11(23(26,27)28)6-13(14)19-20(29)30-10-31-21(19)35/h1-6,10,12,15,18,36H,7-9H2,(H2,29,30,31)(H,32,33,37)/t12-,15+,18?/m1/s1. The van der Waals surface area contributed by atoms with E-state index >= 15 is 0 Å². The Hall–Kier alpha value is -3.36. The average Bonchev–Trinajstić information content (AvgIpc) is 3.37. The fraction of sp³-hybridized carbons (Fsp3) is 0.304. The first-order chi connectivity index (χ1) is 17.5. The van der Waals surface area contributed by atoms with Gasteiger partial charge in [0.2, 0.25) is 5.91 Å². The molecule has 4 N–H and O–H groups in total. The number of alkyl halides is 4. The number of benzene rings is 1. The van der Waals surface area contributed by atoms with Crippen LogP contribution in [0.25, 0.3) is 21.9 Å².